The monoisotopic (exact) mass is 311 g/mol. The summed E-state index contributed by atoms with van der Waals surface area (Å²) in [6.45, 7) is 1.71. The minimum absolute atomic E-state index is 0.135. The van der Waals surface area contributed by atoms with Crippen molar-refractivity contribution < 1.29 is 14.3 Å². The van der Waals surface area contributed by atoms with Gasteiger partial charge >= 0.3 is 5.97 Å². The van der Waals surface area contributed by atoms with Gasteiger partial charge in [-0.2, -0.15) is 5.26 Å². The van der Waals surface area contributed by atoms with Crippen LogP contribution in [0, 0.1) is 17.2 Å². The molecule has 0 aliphatic heterocycles. The van der Waals surface area contributed by atoms with Crippen molar-refractivity contribution in [3.8, 4) is 6.07 Å². The lowest BCUT2D eigenvalue weighted by atomic mass is 9.98. The standard InChI is InChI=1S/C17H17N3O3/c1-11(7-8-18)15(17(22)23-2)20-16(21)13-9-12-5-3-4-6-14(12)19-10-13/h3-6,9-11,15H,7H2,1-2H3,(H,20,21)/t11-,15+/m1/s1. The number of carbonyl (C=O) groups excluding carboxylic acids is 2. The van der Waals surface area contributed by atoms with Gasteiger partial charge in [-0.3, -0.25) is 9.78 Å². The smallest absolute Gasteiger partial charge is 0.328 e. The number of pyridine rings is 1. The number of nitrogens with one attached hydrogen (secondary N) is 1. The molecule has 2 atom stereocenters. The third-order valence-electron chi connectivity index (χ3n) is 3.58. The summed E-state index contributed by atoms with van der Waals surface area (Å²) < 4.78 is 4.71. The molecule has 0 unspecified atom stereocenters. The second-order valence-electron chi connectivity index (χ2n) is 5.23. The molecule has 2 rings (SSSR count). The molecule has 23 heavy (non-hydrogen) atoms. The van der Waals surface area contributed by atoms with Crippen LogP contribution in [0.5, 0.6) is 0 Å². The van der Waals surface area contributed by atoms with Crippen molar-refractivity contribution in [3.05, 3.63) is 42.1 Å². The lowest BCUT2D eigenvalue weighted by Gasteiger charge is -2.21. The van der Waals surface area contributed by atoms with E-state index in [1.165, 1.54) is 13.3 Å². The number of ether oxygens (including phenoxy) is 1. The summed E-state index contributed by atoms with van der Waals surface area (Å²) in [5, 5.41) is 12.2. The minimum Gasteiger partial charge on any atom is -0.467 e. The molecule has 0 saturated carbocycles. The van der Waals surface area contributed by atoms with Crippen LogP contribution in [0.25, 0.3) is 10.9 Å². The highest BCUT2D eigenvalue weighted by Gasteiger charge is 2.28. The molecule has 2 aromatic rings. The maximum Gasteiger partial charge on any atom is 0.328 e. The van der Waals surface area contributed by atoms with Crippen LogP contribution < -0.4 is 5.32 Å². The summed E-state index contributed by atoms with van der Waals surface area (Å²) in [5.41, 5.74) is 1.13. The van der Waals surface area contributed by atoms with Gasteiger partial charge in [0, 0.05) is 23.9 Å². The van der Waals surface area contributed by atoms with Crippen LogP contribution >= 0.6 is 0 Å². The fraction of sp³-hybridized carbons (Fsp3) is 0.294. The van der Waals surface area contributed by atoms with Gasteiger partial charge in [0.15, 0.2) is 0 Å². The van der Waals surface area contributed by atoms with E-state index in [1.807, 2.05) is 30.3 Å². The normalized spacial score (nSPS) is 12.9. The number of nitriles is 1. The van der Waals surface area contributed by atoms with E-state index in [-0.39, 0.29) is 12.3 Å². The van der Waals surface area contributed by atoms with Crippen LogP contribution in [-0.2, 0) is 9.53 Å². The topological polar surface area (TPSA) is 92.1 Å². The largest absolute Gasteiger partial charge is 0.467 e. The average molecular weight is 311 g/mol. The fourth-order valence-corrected chi connectivity index (χ4v) is 2.24. The number of hydrogen-bond acceptors (Lipinski definition) is 5. The third kappa shape index (κ3) is 3.83. The Morgan fingerprint density at radius 1 is 1.39 bits per heavy atom. The van der Waals surface area contributed by atoms with Gasteiger partial charge in [0.05, 0.1) is 24.3 Å². The minimum atomic E-state index is -0.876. The number of fused-ring (bicyclic) bond motifs is 1. The Morgan fingerprint density at radius 2 is 2.13 bits per heavy atom. The van der Waals surface area contributed by atoms with Crippen molar-refractivity contribution in [1.82, 2.24) is 10.3 Å². The summed E-state index contributed by atoms with van der Waals surface area (Å²) in [7, 11) is 1.25. The highest BCUT2D eigenvalue weighted by molar-refractivity contribution is 5.99. The van der Waals surface area contributed by atoms with E-state index in [1.54, 1.807) is 13.0 Å². The van der Waals surface area contributed by atoms with Gasteiger partial charge in [-0.15, -0.1) is 0 Å². The van der Waals surface area contributed by atoms with Crippen LogP contribution in [0.3, 0.4) is 0 Å². The Morgan fingerprint density at radius 3 is 2.83 bits per heavy atom. The Bertz CT molecular complexity index is 767. The molecule has 0 aliphatic carbocycles. The van der Waals surface area contributed by atoms with Gasteiger partial charge < -0.3 is 10.1 Å². The molecule has 0 radical (unpaired) electrons. The number of aromatic nitrogens is 1. The van der Waals surface area contributed by atoms with Crippen LogP contribution in [0.15, 0.2) is 36.5 Å². The van der Waals surface area contributed by atoms with Gasteiger partial charge in [0.25, 0.3) is 5.91 Å². The number of benzene rings is 1. The van der Waals surface area contributed by atoms with Crippen LogP contribution in [-0.4, -0.2) is 30.0 Å². The SMILES string of the molecule is COC(=O)[C@@H](NC(=O)c1cnc2ccccc2c1)[C@H](C)CC#N. The van der Waals surface area contributed by atoms with E-state index in [2.05, 4.69) is 10.3 Å². The fourth-order valence-electron chi connectivity index (χ4n) is 2.24. The Balaban J connectivity index is 2.22. The predicted molar refractivity (Wildman–Crippen MR) is 84.4 cm³/mol. The molecule has 0 fully saturated rings. The van der Waals surface area contributed by atoms with Crippen molar-refractivity contribution in [1.29, 1.82) is 5.26 Å². The summed E-state index contributed by atoms with van der Waals surface area (Å²) >= 11 is 0. The van der Waals surface area contributed by atoms with Gasteiger partial charge in [0.1, 0.15) is 6.04 Å². The number of esters is 1. The Labute approximate surface area is 134 Å². The van der Waals surface area contributed by atoms with Crippen LogP contribution in [0.4, 0.5) is 0 Å². The molecular weight excluding hydrogens is 294 g/mol. The lowest BCUT2D eigenvalue weighted by Crippen LogP contribution is -2.45. The second-order valence-corrected chi connectivity index (χ2v) is 5.23. The molecule has 1 amide bonds. The Hall–Kier alpha value is -2.94. The predicted octanol–water partition coefficient (Wildman–Crippen LogP) is 2.06. The molecule has 118 valence electrons. The van der Waals surface area contributed by atoms with Crippen LogP contribution in [0.1, 0.15) is 23.7 Å². The van der Waals surface area contributed by atoms with Gasteiger partial charge in [-0.25, -0.2) is 4.79 Å². The first-order valence-corrected chi connectivity index (χ1v) is 7.17. The van der Waals surface area contributed by atoms with E-state index >= 15 is 0 Å². The first-order chi connectivity index (χ1) is 11.1. The number of para-hydroxylation sites is 1. The van der Waals surface area contributed by atoms with E-state index in [9.17, 15) is 9.59 Å². The maximum atomic E-state index is 12.4. The van der Waals surface area contributed by atoms with Crippen molar-refractivity contribution in [2.45, 2.75) is 19.4 Å². The molecule has 6 heteroatoms. The number of nitrogens with zero attached hydrogens (tertiary/aromatic N) is 2. The number of rotatable bonds is 5. The van der Waals surface area contributed by atoms with E-state index in [0.29, 0.717) is 5.56 Å². The van der Waals surface area contributed by atoms with E-state index in [4.69, 9.17) is 10.00 Å². The zero-order valence-electron chi connectivity index (χ0n) is 12.9. The lowest BCUT2D eigenvalue weighted by molar-refractivity contribution is -0.144. The van der Waals surface area contributed by atoms with Crippen molar-refractivity contribution in [2.75, 3.05) is 7.11 Å². The molecule has 1 aromatic heterocycles. The zero-order valence-corrected chi connectivity index (χ0v) is 12.9. The highest BCUT2D eigenvalue weighted by Crippen LogP contribution is 2.14. The molecule has 1 N–H and O–H groups in total. The molecule has 1 aromatic carbocycles. The first-order valence-electron chi connectivity index (χ1n) is 7.17. The third-order valence-corrected chi connectivity index (χ3v) is 3.58. The first kappa shape index (κ1) is 16.4. The molecule has 0 aliphatic rings. The summed E-state index contributed by atoms with van der Waals surface area (Å²) in [6, 6.07) is 10.3. The molecule has 6 nitrogen and oxygen atoms in total. The number of hydrogen-bond donors (Lipinski definition) is 1. The summed E-state index contributed by atoms with van der Waals surface area (Å²) in [4.78, 5) is 28.5. The van der Waals surface area contributed by atoms with Gasteiger partial charge in [-0.1, -0.05) is 25.1 Å². The van der Waals surface area contributed by atoms with Gasteiger partial charge in [0.2, 0.25) is 0 Å². The van der Waals surface area contributed by atoms with Crippen LogP contribution in [0.2, 0.25) is 0 Å². The quantitative estimate of drug-likeness (QED) is 0.853. The zero-order chi connectivity index (χ0) is 16.8. The molecule has 0 spiro atoms. The molecule has 1 heterocycles. The Kier molecular flexibility index (Phi) is 5.26. The van der Waals surface area contributed by atoms with Crippen molar-refractivity contribution >= 4 is 22.8 Å². The molecule has 0 saturated heterocycles. The van der Waals surface area contributed by atoms with Crippen molar-refractivity contribution in [2.24, 2.45) is 5.92 Å². The highest BCUT2D eigenvalue weighted by atomic mass is 16.5. The number of amides is 1. The molecule has 0 bridgehead atoms. The second kappa shape index (κ2) is 7.36. The van der Waals surface area contributed by atoms with E-state index < -0.39 is 17.9 Å². The summed E-state index contributed by atoms with van der Waals surface area (Å²) in [6.07, 6.45) is 1.59. The van der Waals surface area contributed by atoms with Crippen molar-refractivity contribution in [3.63, 3.8) is 0 Å². The average Bonchev–Trinajstić information content (AvgIpc) is 2.58. The van der Waals surface area contributed by atoms with E-state index in [0.717, 1.165) is 10.9 Å². The number of carbonyl (C=O) groups is 2. The van der Waals surface area contributed by atoms with Gasteiger partial charge in [-0.05, 0) is 12.1 Å². The molecular formula is C17H17N3O3. The number of methoxy groups -OCH3 is 1. The summed E-state index contributed by atoms with van der Waals surface area (Å²) in [5.74, 6) is -1.36. The maximum absolute atomic E-state index is 12.4.